The van der Waals surface area contributed by atoms with Crippen LogP contribution in [0.2, 0.25) is 0 Å². The molecule has 128 valence electrons. The Labute approximate surface area is 149 Å². The summed E-state index contributed by atoms with van der Waals surface area (Å²) in [5.74, 6) is 0.157. The fourth-order valence-electron chi connectivity index (χ4n) is 2.66. The molecule has 4 nitrogen and oxygen atoms in total. The van der Waals surface area contributed by atoms with Crippen LogP contribution in [0.1, 0.15) is 11.1 Å². The van der Waals surface area contributed by atoms with Gasteiger partial charge in [-0.2, -0.15) is 0 Å². The third-order valence-electron chi connectivity index (χ3n) is 4.13. The lowest BCUT2D eigenvalue weighted by atomic mass is 10.1. The highest BCUT2D eigenvalue weighted by Gasteiger charge is 2.13. The van der Waals surface area contributed by atoms with Crippen molar-refractivity contribution < 1.29 is 14.3 Å². The van der Waals surface area contributed by atoms with Crippen LogP contribution in [0.15, 0.2) is 47.8 Å². The van der Waals surface area contributed by atoms with Crippen LogP contribution in [0.25, 0.3) is 20.2 Å². The van der Waals surface area contributed by atoms with Crippen LogP contribution in [0.4, 0.5) is 0 Å². The topological polar surface area (TPSA) is 52.6 Å². The summed E-state index contributed by atoms with van der Waals surface area (Å²) in [5, 5.41) is 1.37. The molecule has 0 aliphatic rings. The molecule has 25 heavy (non-hydrogen) atoms. The largest absolute Gasteiger partial charge is 0.490 e. The SMILES string of the molecule is C=CC(=O)OCCOc1cc2c(=O)c3ccccc3sc2c(C)c1C. The number of hydrogen-bond donors (Lipinski definition) is 0. The number of ether oxygens (including phenoxy) is 2. The maximum atomic E-state index is 12.8. The highest BCUT2D eigenvalue weighted by Crippen LogP contribution is 2.33. The van der Waals surface area contributed by atoms with Gasteiger partial charge in [0.25, 0.3) is 0 Å². The molecule has 0 radical (unpaired) electrons. The summed E-state index contributed by atoms with van der Waals surface area (Å²) in [4.78, 5) is 23.9. The summed E-state index contributed by atoms with van der Waals surface area (Å²) >= 11 is 1.61. The minimum absolute atomic E-state index is 0.00962. The van der Waals surface area contributed by atoms with Gasteiger partial charge >= 0.3 is 5.97 Å². The number of carbonyl (C=O) groups is 1. The first-order valence-corrected chi connectivity index (χ1v) is 8.72. The first-order valence-electron chi connectivity index (χ1n) is 7.90. The summed E-state index contributed by atoms with van der Waals surface area (Å²) in [6.45, 7) is 7.65. The molecular weight excluding hydrogens is 336 g/mol. The Morgan fingerprint density at radius 2 is 1.92 bits per heavy atom. The molecule has 0 aliphatic carbocycles. The second-order valence-electron chi connectivity index (χ2n) is 5.65. The molecule has 0 unspecified atom stereocenters. The van der Waals surface area contributed by atoms with E-state index in [0.717, 1.165) is 26.6 Å². The summed E-state index contributed by atoms with van der Waals surface area (Å²) in [6.07, 6.45) is 1.11. The van der Waals surface area contributed by atoms with E-state index in [0.29, 0.717) is 16.5 Å². The van der Waals surface area contributed by atoms with Gasteiger partial charge in [0.2, 0.25) is 0 Å². The first kappa shape index (κ1) is 17.2. The Morgan fingerprint density at radius 1 is 1.16 bits per heavy atom. The molecule has 0 saturated heterocycles. The summed E-state index contributed by atoms with van der Waals surface area (Å²) in [5.41, 5.74) is 2.02. The van der Waals surface area contributed by atoms with Gasteiger partial charge in [-0.15, -0.1) is 11.3 Å². The molecule has 2 aromatic carbocycles. The molecule has 1 heterocycles. The predicted octanol–water partition coefficient (Wildman–Crippen LogP) is 4.14. The zero-order valence-electron chi connectivity index (χ0n) is 14.1. The number of esters is 1. The molecule has 0 bridgehead atoms. The number of hydrogen-bond acceptors (Lipinski definition) is 5. The molecule has 0 fully saturated rings. The molecule has 0 atom stereocenters. The van der Waals surface area contributed by atoms with Gasteiger partial charge in [0.15, 0.2) is 5.43 Å². The zero-order chi connectivity index (χ0) is 18.0. The van der Waals surface area contributed by atoms with Gasteiger partial charge in [-0.05, 0) is 43.2 Å². The Hall–Kier alpha value is -2.66. The van der Waals surface area contributed by atoms with Crippen molar-refractivity contribution in [3.05, 3.63) is 64.3 Å². The van der Waals surface area contributed by atoms with E-state index in [2.05, 4.69) is 6.58 Å². The van der Waals surface area contributed by atoms with E-state index in [9.17, 15) is 9.59 Å². The standard InChI is InChI=1S/C20H18O4S/c1-4-18(21)24-10-9-23-16-11-15-19(22)14-7-5-6-8-17(14)25-20(15)13(3)12(16)2/h4-8,11H,1,9-10H2,2-3H3. The normalized spacial score (nSPS) is 10.8. The smallest absolute Gasteiger partial charge is 0.330 e. The monoisotopic (exact) mass is 354 g/mol. The second-order valence-corrected chi connectivity index (χ2v) is 6.70. The van der Waals surface area contributed by atoms with Gasteiger partial charge in [0.05, 0.1) is 0 Å². The number of fused-ring (bicyclic) bond motifs is 2. The number of benzene rings is 2. The molecule has 0 spiro atoms. The third kappa shape index (κ3) is 3.28. The van der Waals surface area contributed by atoms with Crippen LogP contribution in [0.3, 0.4) is 0 Å². The fraction of sp³-hybridized carbons (Fsp3) is 0.200. The van der Waals surface area contributed by atoms with Gasteiger partial charge in [-0.25, -0.2) is 4.79 Å². The van der Waals surface area contributed by atoms with Crippen molar-refractivity contribution in [1.82, 2.24) is 0 Å². The van der Waals surface area contributed by atoms with Crippen molar-refractivity contribution in [3.8, 4) is 5.75 Å². The fourth-order valence-corrected chi connectivity index (χ4v) is 3.87. The molecule has 1 aromatic heterocycles. The molecule has 5 heteroatoms. The van der Waals surface area contributed by atoms with Crippen molar-refractivity contribution in [2.24, 2.45) is 0 Å². The molecule has 3 aromatic rings. The lowest BCUT2D eigenvalue weighted by molar-refractivity contribution is -0.138. The number of rotatable bonds is 5. The van der Waals surface area contributed by atoms with Crippen molar-refractivity contribution in [2.75, 3.05) is 13.2 Å². The van der Waals surface area contributed by atoms with Gasteiger partial charge in [-0.1, -0.05) is 18.7 Å². The third-order valence-corrected chi connectivity index (χ3v) is 5.44. The first-order chi connectivity index (χ1) is 12.0. The lowest BCUT2D eigenvalue weighted by Crippen LogP contribution is -2.11. The number of aryl methyl sites for hydroxylation is 1. The molecule has 3 rings (SSSR count). The van der Waals surface area contributed by atoms with Crippen LogP contribution >= 0.6 is 11.3 Å². The molecule has 0 aliphatic heterocycles. The van der Waals surface area contributed by atoms with E-state index in [4.69, 9.17) is 9.47 Å². The van der Waals surface area contributed by atoms with Crippen LogP contribution < -0.4 is 10.2 Å². The van der Waals surface area contributed by atoms with Crippen molar-refractivity contribution >= 4 is 37.5 Å². The van der Waals surface area contributed by atoms with Crippen LogP contribution in [0, 0.1) is 13.8 Å². The summed E-state index contributed by atoms with van der Waals surface area (Å²) in [6, 6.07) is 9.41. The van der Waals surface area contributed by atoms with E-state index in [1.54, 1.807) is 17.4 Å². The highest BCUT2D eigenvalue weighted by atomic mass is 32.1. The Balaban J connectivity index is 2.00. The molecule has 0 saturated carbocycles. The molecular formula is C20H18O4S. The summed E-state index contributed by atoms with van der Waals surface area (Å²) in [7, 11) is 0. The second kappa shape index (κ2) is 7.07. The van der Waals surface area contributed by atoms with Crippen LogP contribution in [0.5, 0.6) is 5.75 Å². The Bertz CT molecular complexity index is 1030. The summed E-state index contributed by atoms with van der Waals surface area (Å²) < 4.78 is 12.6. The van der Waals surface area contributed by atoms with Crippen LogP contribution in [-0.2, 0) is 9.53 Å². The molecule has 0 amide bonds. The van der Waals surface area contributed by atoms with Gasteiger partial charge < -0.3 is 9.47 Å². The van der Waals surface area contributed by atoms with Gasteiger partial charge in [0.1, 0.15) is 19.0 Å². The van der Waals surface area contributed by atoms with Gasteiger partial charge in [-0.3, -0.25) is 4.79 Å². The average Bonchev–Trinajstić information content (AvgIpc) is 2.63. The van der Waals surface area contributed by atoms with E-state index in [-0.39, 0.29) is 18.6 Å². The Morgan fingerprint density at radius 3 is 2.68 bits per heavy atom. The number of carbonyl (C=O) groups excluding carboxylic acids is 1. The maximum absolute atomic E-state index is 12.8. The minimum atomic E-state index is -0.481. The van der Waals surface area contributed by atoms with Gasteiger partial charge in [0, 0.05) is 26.2 Å². The van der Waals surface area contributed by atoms with Crippen molar-refractivity contribution in [3.63, 3.8) is 0 Å². The zero-order valence-corrected chi connectivity index (χ0v) is 14.9. The van der Waals surface area contributed by atoms with E-state index >= 15 is 0 Å². The van der Waals surface area contributed by atoms with E-state index in [1.165, 1.54) is 0 Å². The van der Waals surface area contributed by atoms with E-state index in [1.807, 2.05) is 38.1 Å². The lowest BCUT2D eigenvalue weighted by Gasteiger charge is -2.13. The van der Waals surface area contributed by atoms with E-state index < -0.39 is 5.97 Å². The quantitative estimate of drug-likeness (QED) is 0.299. The highest BCUT2D eigenvalue weighted by molar-refractivity contribution is 7.24. The molecule has 0 N–H and O–H groups in total. The van der Waals surface area contributed by atoms with Crippen molar-refractivity contribution in [1.29, 1.82) is 0 Å². The van der Waals surface area contributed by atoms with Crippen molar-refractivity contribution in [2.45, 2.75) is 13.8 Å². The van der Waals surface area contributed by atoms with Crippen LogP contribution in [-0.4, -0.2) is 19.2 Å². The minimum Gasteiger partial charge on any atom is -0.490 e. The predicted molar refractivity (Wildman–Crippen MR) is 102 cm³/mol. The Kier molecular flexibility index (Phi) is 4.86. The maximum Gasteiger partial charge on any atom is 0.330 e. The average molecular weight is 354 g/mol.